The lowest BCUT2D eigenvalue weighted by Crippen LogP contribution is -2.23. The van der Waals surface area contributed by atoms with Crippen LogP contribution in [0.15, 0.2) is 0 Å². The van der Waals surface area contributed by atoms with Crippen molar-refractivity contribution in [1.29, 1.82) is 0 Å². The normalized spacial score (nSPS) is 14.7. The molecular formula is CHF3O5PS+. The first-order chi connectivity index (χ1) is 4.67. The van der Waals surface area contributed by atoms with Crippen LogP contribution >= 0.6 is 8.25 Å². The standard InChI is InChI=1S/CF3O5PS/c2-1(3,4)11(7,8)9-10(5)6/p+1. The number of hydrogen-bond acceptors (Lipinski definition) is 4. The first-order valence-corrected chi connectivity index (χ1v) is 4.37. The molecule has 0 aromatic heterocycles. The zero-order valence-corrected chi connectivity index (χ0v) is 6.28. The second-order valence-electron chi connectivity index (χ2n) is 1.21. The van der Waals surface area contributed by atoms with Crippen LogP contribution in [0.4, 0.5) is 13.2 Å². The average molecular weight is 213 g/mol. The molecule has 10 heteroatoms. The van der Waals surface area contributed by atoms with Crippen molar-refractivity contribution in [2.24, 2.45) is 0 Å². The number of hydrogen-bond donors (Lipinski definition) is 1. The molecule has 1 unspecified atom stereocenters. The van der Waals surface area contributed by atoms with Gasteiger partial charge in [-0.1, -0.05) is 0 Å². The molecule has 0 amide bonds. The van der Waals surface area contributed by atoms with Crippen LogP contribution in [0.3, 0.4) is 0 Å². The molecule has 0 saturated heterocycles. The number of halogens is 3. The van der Waals surface area contributed by atoms with Gasteiger partial charge in [0.25, 0.3) is 0 Å². The maximum atomic E-state index is 11.2. The van der Waals surface area contributed by atoms with E-state index in [1.807, 2.05) is 0 Å². The maximum Gasteiger partial charge on any atom is 0.712 e. The SMILES string of the molecule is O=[P+](O)OS(=O)(=O)C(F)(F)F. The molecule has 11 heavy (non-hydrogen) atoms. The van der Waals surface area contributed by atoms with Gasteiger partial charge < -0.3 is 0 Å². The van der Waals surface area contributed by atoms with E-state index in [4.69, 9.17) is 4.89 Å². The fourth-order valence-corrected chi connectivity index (χ4v) is 1.14. The zero-order valence-electron chi connectivity index (χ0n) is 4.57. The quantitative estimate of drug-likeness (QED) is 0.533. The van der Waals surface area contributed by atoms with Crippen LogP contribution in [-0.4, -0.2) is 18.8 Å². The molecule has 0 radical (unpaired) electrons. The molecule has 5 nitrogen and oxygen atoms in total. The third kappa shape index (κ3) is 3.10. The fourth-order valence-electron chi connectivity index (χ4n) is 0.126. The lowest BCUT2D eigenvalue weighted by Gasteiger charge is -1.98. The minimum absolute atomic E-state index is 2.71. The molecule has 0 aliphatic heterocycles. The highest BCUT2D eigenvalue weighted by atomic mass is 32.2. The van der Waals surface area contributed by atoms with Crippen molar-refractivity contribution in [3.63, 3.8) is 0 Å². The van der Waals surface area contributed by atoms with Crippen LogP contribution in [0.1, 0.15) is 0 Å². The Kier molecular flexibility index (Phi) is 2.95. The van der Waals surface area contributed by atoms with E-state index in [1.165, 1.54) is 0 Å². The van der Waals surface area contributed by atoms with Gasteiger partial charge in [0.05, 0.1) is 0 Å². The van der Waals surface area contributed by atoms with Gasteiger partial charge in [0.1, 0.15) is 0 Å². The second kappa shape index (κ2) is 3.02. The van der Waals surface area contributed by atoms with Crippen LogP contribution in [-0.2, 0) is 18.7 Å². The van der Waals surface area contributed by atoms with E-state index in [9.17, 15) is 26.2 Å². The summed E-state index contributed by atoms with van der Waals surface area (Å²) in [6.07, 6.45) is 0. The molecule has 1 atom stereocenters. The summed E-state index contributed by atoms with van der Waals surface area (Å²) in [7, 11) is -9.74. The summed E-state index contributed by atoms with van der Waals surface area (Å²) in [4.78, 5) is 7.66. The molecule has 0 aliphatic rings. The van der Waals surface area contributed by atoms with Gasteiger partial charge >= 0.3 is 23.9 Å². The van der Waals surface area contributed by atoms with E-state index < -0.39 is 23.9 Å². The second-order valence-corrected chi connectivity index (χ2v) is 3.66. The Morgan fingerprint density at radius 1 is 1.36 bits per heavy atom. The van der Waals surface area contributed by atoms with Gasteiger partial charge in [-0.3, -0.25) is 0 Å². The van der Waals surface area contributed by atoms with Crippen molar-refractivity contribution in [2.45, 2.75) is 5.51 Å². The van der Waals surface area contributed by atoms with Gasteiger partial charge in [-0.2, -0.15) is 21.6 Å². The highest BCUT2D eigenvalue weighted by Gasteiger charge is 2.53. The van der Waals surface area contributed by atoms with E-state index >= 15 is 0 Å². The van der Waals surface area contributed by atoms with E-state index in [-0.39, 0.29) is 0 Å². The van der Waals surface area contributed by atoms with Crippen LogP contribution < -0.4 is 0 Å². The average Bonchev–Trinajstić information content (AvgIpc) is 1.56. The predicted octanol–water partition coefficient (Wildman–Crippen LogP) is 0.502. The largest absolute Gasteiger partial charge is 0.712 e. The van der Waals surface area contributed by atoms with Crippen LogP contribution in [0.25, 0.3) is 0 Å². The van der Waals surface area contributed by atoms with Gasteiger partial charge in [-0.05, 0) is 0 Å². The van der Waals surface area contributed by atoms with E-state index in [1.54, 1.807) is 0 Å². The molecule has 0 aliphatic carbocycles. The van der Waals surface area contributed by atoms with Gasteiger partial charge in [-0.15, -0.1) is 4.89 Å². The Hall–Kier alpha value is -0.240. The number of alkyl halides is 3. The monoisotopic (exact) mass is 213 g/mol. The lowest BCUT2D eigenvalue weighted by atomic mass is 11.6. The highest BCUT2D eigenvalue weighted by molar-refractivity contribution is 7.90. The molecule has 0 heterocycles. The topological polar surface area (TPSA) is 80.7 Å². The van der Waals surface area contributed by atoms with Crippen molar-refractivity contribution in [3.8, 4) is 0 Å². The summed E-state index contributed by atoms with van der Waals surface area (Å²) in [6.45, 7) is 0. The minimum atomic E-state index is -5.93. The molecule has 66 valence electrons. The van der Waals surface area contributed by atoms with Crippen molar-refractivity contribution in [3.05, 3.63) is 0 Å². The van der Waals surface area contributed by atoms with Gasteiger partial charge in [-0.25, -0.2) is 0 Å². The van der Waals surface area contributed by atoms with E-state index in [0.717, 1.165) is 0 Å². The number of rotatable bonds is 2. The summed E-state index contributed by atoms with van der Waals surface area (Å²) < 4.78 is 65.5. The summed E-state index contributed by atoms with van der Waals surface area (Å²) in [6, 6.07) is 0. The van der Waals surface area contributed by atoms with Crippen LogP contribution in [0.5, 0.6) is 0 Å². The third-order valence-corrected chi connectivity index (χ3v) is 2.31. The zero-order chi connectivity index (χ0) is 9.28. The van der Waals surface area contributed by atoms with Crippen LogP contribution in [0.2, 0.25) is 0 Å². The first kappa shape index (κ1) is 10.8. The van der Waals surface area contributed by atoms with Crippen molar-refractivity contribution in [1.82, 2.24) is 0 Å². The lowest BCUT2D eigenvalue weighted by molar-refractivity contribution is -0.0501. The molecule has 0 rings (SSSR count). The minimum Gasteiger partial charge on any atom is -0.186 e. The van der Waals surface area contributed by atoms with Crippen molar-refractivity contribution >= 4 is 18.4 Å². The van der Waals surface area contributed by atoms with E-state index in [0.29, 0.717) is 0 Å². The summed E-state index contributed by atoms with van der Waals surface area (Å²) in [5.74, 6) is 0. The summed E-state index contributed by atoms with van der Waals surface area (Å²) >= 11 is 0. The maximum absolute atomic E-state index is 11.2. The van der Waals surface area contributed by atoms with E-state index in [2.05, 4.69) is 3.97 Å². The first-order valence-electron chi connectivity index (χ1n) is 1.84. The fraction of sp³-hybridized carbons (Fsp3) is 1.00. The van der Waals surface area contributed by atoms with Crippen LogP contribution in [0, 0.1) is 0 Å². The Labute approximate surface area is 59.9 Å². The highest BCUT2D eigenvalue weighted by Crippen LogP contribution is 2.31. The molecule has 0 aromatic carbocycles. The summed E-state index contributed by atoms with van der Waals surface area (Å²) in [5, 5.41) is 0. The smallest absolute Gasteiger partial charge is 0.186 e. The molecule has 0 fully saturated rings. The van der Waals surface area contributed by atoms with Gasteiger partial charge in [0, 0.05) is 8.54 Å². The Morgan fingerprint density at radius 2 is 1.73 bits per heavy atom. The molecule has 0 saturated carbocycles. The Balaban J connectivity index is 4.64. The van der Waals surface area contributed by atoms with Crippen molar-refractivity contribution in [2.75, 3.05) is 0 Å². The molecule has 0 spiro atoms. The third-order valence-electron chi connectivity index (χ3n) is 0.445. The molecular weight excluding hydrogens is 212 g/mol. The molecule has 0 aromatic rings. The van der Waals surface area contributed by atoms with Crippen molar-refractivity contribution < 1.29 is 35.0 Å². The Bertz CT molecular complexity index is 251. The summed E-state index contributed by atoms with van der Waals surface area (Å²) in [5.41, 5.74) is -5.67. The van der Waals surface area contributed by atoms with Gasteiger partial charge in [0.15, 0.2) is 0 Å². The van der Waals surface area contributed by atoms with Gasteiger partial charge in [0.2, 0.25) is 0 Å². The Morgan fingerprint density at radius 3 is 1.82 bits per heavy atom. The molecule has 0 bridgehead atoms. The molecule has 1 N–H and O–H groups in total. The predicted molar refractivity (Wildman–Crippen MR) is 25.9 cm³/mol.